The first-order valence-electron chi connectivity index (χ1n) is 7.86. The third-order valence-corrected chi connectivity index (χ3v) is 3.68. The van der Waals surface area contributed by atoms with Crippen molar-refractivity contribution in [2.75, 3.05) is 12.4 Å². The summed E-state index contributed by atoms with van der Waals surface area (Å²) in [4.78, 5) is 11.8. The number of carbonyl (C=O) groups is 1. The van der Waals surface area contributed by atoms with Crippen molar-refractivity contribution in [3.63, 3.8) is 0 Å². The van der Waals surface area contributed by atoms with E-state index in [9.17, 15) is 9.18 Å². The Hall–Kier alpha value is -1.98. The number of alkyl carbamates (subject to hydrolysis) is 1. The minimum atomic E-state index is -0.498. The number of halogens is 1. The number of amides is 1. The lowest BCUT2D eigenvalue weighted by molar-refractivity contribution is 0.0505. The Kier molecular flexibility index (Phi) is 5.34. The van der Waals surface area contributed by atoms with Gasteiger partial charge in [0.05, 0.1) is 12.8 Å². The number of methoxy groups -OCH3 is 1. The van der Waals surface area contributed by atoms with Crippen LogP contribution in [0.2, 0.25) is 0 Å². The minimum Gasteiger partial charge on any atom is -0.494 e. The molecule has 1 aliphatic carbocycles. The Balaban J connectivity index is 1.87. The lowest BCUT2D eigenvalue weighted by Crippen LogP contribution is -2.38. The van der Waals surface area contributed by atoms with E-state index < -0.39 is 5.60 Å². The van der Waals surface area contributed by atoms with Crippen molar-refractivity contribution in [1.82, 2.24) is 5.32 Å². The maximum absolute atomic E-state index is 13.2. The highest BCUT2D eigenvalue weighted by atomic mass is 19.1. The molecule has 1 saturated carbocycles. The second kappa shape index (κ2) is 7.06. The third kappa shape index (κ3) is 5.30. The van der Waals surface area contributed by atoms with Crippen molar-refractivity contribution >= 4 is 11.8 Å². The lowest BCUT2D eigenvalue weighted by atomic mass is 10.2. The predicted octanol–water partition coefficient (Wildman–Crippen LogP) is 3.69. The molecule has 2 atom stereocenters. The largest absolute Gasteiger partial charge is 0.494 e. The van der Waals surface area contributed by atoms with Crippen molar-refractivity contribution in [2.24, 2.45) is 0 Å². The quantitative estimate of drug-likeness (QED) is 0.887. The van der Waals surface area contributed by atoms with E-state index in [0.717, 1.165) is 24.9 Å². The summed E-state index contributed by atoms with van der Waals surface area (Å²) >= 11 is 0. The second-order valence-electron chi connectivity index (χ2n) is 6.84. The number of ether oxygens (including phenoxy) is 2. The average molecular weight is 324 g/mol. The topological polar surface area (TPSA) is 59.6 Å². The lowest BCUT2D eigenvalue weighted by Gasteiger charge is -2.22. The van der Waals surface area contributed by atoms with E-state index in [1.165, 1.54) is 19.2 Å². The SMILES string of the molecule is COc1cc(F)ccc1NC1CCC(NC(=O)OC(C)(C)C)C1. The van der Waals surface area contributed by atoms with Crippen molar-refractivity contribution in [1.29, 1.82) is 0 Å². The zero-order chi connectivity index (χ0) is 17.0. The van der Waals surface area contributed by atoms with Gasteiger partial charge in [0, 0.05) is 18.2 Å². The number of hydrogen-bond acceptors (Lipinski definition) is 4. The van der Waals surface area contributed by atoms with Crippen LogP contribution in [0.4, 0.5) is 14.9 Å². The Bertz CT molecular complexity index is 557. The van der Waals surface area contributed by atoms with Crippen molar-refractivity contribution in [3.8, 4) is 5.75 Å². The van der Waals surface area contributed by atoms with Gasteiger partial charge in [0.15, 0.2) is 0 Å². The normalized spacial score (nSPS) is 20.9. The molecule has 2 N–H and O–H groups in total. The number of carbonyl (C=O) groups excluding carboxylic acids is 1. The molecule has 128 valence electrons. The Labute approximate surface area is 136 Å². The van der Waals surface area contributed by atoms with E-state index >= 15 is 0 Å². The molecule has 6 heteroatoms. The zero-order valence-corrected chi connectivity index (χ0v) is 14.1. The first kappa shape index (κ1) is 17.4. The summed E-state index contributed by atoms with van der Waals surface area (Å²) < 4.78 is 23.7. The van der Waals surface area contributed by atoms with Gasteiger partial charge in [0.25, 0.3) is 0 Å². The van der Waals surface area contributed by atoms with Crippen LogP contribution in [0.15, 0.2) is 18.2 Å². The van der Waals surface area contributed by atoms with Gasteiger partial charge in [-0.3, -0.25) is 0 Å². The molecular formula is C17H25FN2O3. The molecule has 0 heterocycles. The summed E-state index contributed by atoms with van der Waals surface area (Å²) in [5, 5.41) is 6.25. The van der Waals surface area contributed by atoms with Crippen LogP contribution in [0, 0.1) is 5.82 Å². The number of hydrogen-bond donors (Lipinski definition) is 2. The van der Waals surface area contributed by atoms with Crippen LogP contribution >= 0.6 is 0 Å². The van der Waals surface area contributed by atoms with Crippen molar-refractivity contribution < 1.29 is 18.7 Å². The summed E-state index contributed by atoms with van der Waals surface area (Å²) in [6.45, 7) is 5.52. The fourth-order valence-corrected chi connectivity index (χ4v) is 2.72. The molecule has 0 bridgehead atoms. The molecule has 1 fully saturated rings. The molecule has 0 saturated heterocycles. The highest BCUT2D eigenvalue weighted by Gasteiger charge is 2.28. The van der Waals surface area contributed by atoms with Crippen LogP contribution in [-0.4, -0.2) is 30.9 Å². The van der Waals surface area contributed by atoms with E-state index in [2.05, 4.69) is 10.6 Å². The molecule has 0 aliphatic heterocycles. The Morgan fingerprint density at radius 2 is 1.96 bits per heavy atom. The highest BCUT2D eigenvalue weighted by Crippen LogP contribution is 2.29. The average Bonchev–Trinajstić information content (AvgIpc) is 2.85. The summed E-state index contributed by atoms with van der Waals surface area (Å²) in [5.74, 6) is 0.150. The zero-order valence-electron chi connectivity index (χ0n) is 14.1. The number of rotatable bonds is 4. The first-order chi connectivity index (χ1) is 10.8. The molecule has 2 rings (SSSR count). The maximum Gasteiger partial charge on any atom is 0.407 e. The van der Waals surface area contributed by atoms with Gasteiger partial charge in [-0.05, 0) is 52.2 Å². The van der Waals surface area contributed by atoms with Crippen LogP contribution < -0.4 is 15.4 Å². The fourth-order valence-electron chi connectivity index (χ4n) is 2.72. The molecule has 0 spiro atoms. The van der Waals surface area contributed by atoms with E-state index in [0.29, 0.717) is 5.75 Å². The third-order valence-electron chi connectivity index (χ3n) is 3.68. The molecular weight excluding hydrogens is 299 g/mol. The van der Waals surface area contributed by atoms with Crippen LogP contribution in [0.5, 0.6) is 5.75 Å². The summed E-state index contributed by atoms with van der Waals surface area (Å²) in [7, 11) is 1.52. The summed E-state index contributed by atoms with van der Waals surface area (Å²) in [6, 6.07) is 4.70. The number of nitrogens with one attached hydrogen (secondary N) is 2. The van der Waals surface area contributed by atoms with Gasteiger partial charge in [0.1, 0.15) is 17.2 Å². The van der Waals surface area contributed by atoms with Gasteiger partial charge in [-0.15, -0.1) is 0 Å². The molecule has 1 aliphatic rings. The molecule has 0 aromatic heterocycles. The number of anilines is 1. The Morgan fingerprint density at radius 1 is 1.26 bits per heavy atom. The first-order valence-corrected chi connectivity index (χ1v) is 7.86. The molecule has 23 heavy (non-hydrogen) atoms. The van der Waals surface area contributed by atoms with Gasteiger partial charge in [-0.2, -0.15) is 0 Å². The van der Waals surface area contributed by atoms with E-state index in [1.807, 2.05) is 20.8 Å². The summed E-state index contributed by atoms with van der Waals surface area (Å²) in [6.07, 6.45) is 2.20. The second-order valence-corrected chi connectivity index (χ2v) is 6.84. The molecule has 1 amide bonds. The molecule has 5 nitrogen and oxygen atoms in total. The van der Waals surface area contributed by atoms with Gasteiger partial charge < -0.3 is 20.1 Å². The predicted molar refractivity (Wildman–Crippen MR) is 87.4 cm³/mol. The fraction of sp³-hybridized carbons (Fsp3) is 0.588. The van der Waals surface area contributed by atoms with Gasteiger partial charge in [-0.1, -0.05) is 0 Å². The maximum atomic E-state index is 13.2. The highest BCUT2D eigenvalue weighted by molar-refractivity contribution is 5.68. The smallest absolute Gasteiger partial charge is 0.407 e. The van der Waals surface area contributed by atoms with Gasteiger partial charge in [0.2, 0.25) is 0 Å². The van der Waals surface area contributed by atoms with Crippen LogP contribution in [0.3, 0.4) is 0 Å². The molecule has 2 unspecified atom stereocenters. The van der Waals surface area contributed by atoms with E-state index in [1.54, 1.807) is 6.07 Å². The van der Waals surface area contributed by atoms with Crippen LogP contribution in [0.25, 0.3) is 0 Å². The van der Waals surface area contributed by atoms with Gasteiger partial charge >= 0.3 is 6.09 Å². The Morgan fingerprint density at radius 3 is 2.61 bits per heavy atom. The molecule has 1 aromatic carbocycles. The van der Waals surface area contributed by atoms with Crippen molar-refractivity contribution in [3.05, 3.63) is 24.0 Å². The van der Waals surface area contributed by atoms with Crippen LogP contribution in [0.1, 0.15) is 40.0 Å². The minimum absolute atomic E-state index is 0.0776. The molecule has 1 aromatic rings. The monoisotopic (exact) mass is 324 g/mol. The van der Waals surface area contributed by atoms with Gasteiger partial charge in [-0.25, -0.2) is 9.18 Å². The van der Waals surface area contributed by atoms with Crippen LogP contribution in [-0.2, 0) is 4.74 Å². The number of benzene rings is 1. The molecule has 0 radical (unpaired) electrons. The standard InChI is InChI=1S/C17H25FN2O3/c1-17(2,3)23-16(21)20-13-7-6-12(10-13)19-14-8-5-11(18)9-15(14)22-4/h5,8-9,12-13,19H,6-7,10H2,1-4H3,(H,20,21). The van der Waals surface area contributed by atoms with E-state index in [-0.39, 0.29) is 24.0 Å². The van der Waals surface area contributed by atoms with Crippen molar-refractivity contribution in [2.45, 2.75) is 57.7 Å². The van der Waals surface area contributed by atoms with E-state index in [4.69, 9.17) is 9.47 Å². The summed E-state index contributed by atoms with van der Waals surface area (Å²) in [5.41, 5.74) is 0.263.